The van der Waals surface area contributed by atoms with Crippen LogP contribution in [0.1, 0.15) is 29.2 Å². The van der Waals surface area contributed by atoms with Crippen molar-refractivity contribution >= 4 is 17.9 Å². The molecule has 0 aliphatic carbocycles. The molecule has 1 aliphatic rings. The lowest BCUT2D eigenvalue weighted by Crippen LogP contribution is -2.41. The van der Waals surface area contributed by atoms with Crippen LogP contribution in [0.5, 0.6) is 0 Å². The number of anilines is 1. The van der Waals surface area contributed by atoms with E-state index in [1.807, 2.05) is 62.4 Å². The molecule has 1 heterocycles. The van der Waals surface area contributed by atoms with E-state index in [1.54, 1.807) is 11.8 Å². The molecule has 2 aromatic rings. The van der Waals surface area contributed by atoms with E-state index >= 15 is 0 Å². The van der Waals surface area contributed by atoms with Crippen molar-refractivity contribution in [3.05, 3.63) is 70.8 Å². The van der Waals surface area contributed by atoms with Gasteiger partial charge in [-0.15, -0.1) is 0 Å². The van der Waals surface area contributed by atoms with Crippen molar-refractivity contribution in [3.8, 4) is 11.8 Å². The second-order valence-electron chi connectivity index (χ2n) is 6.07. The number of carbonyl (C=O) groups excluding carboxylic acids is 1. The van der Waals surface area contributed by atoms with Crippen LogP contribution in [0, 0.1) is 25.7 Å². The summed E-state index contributed by atoms with van der Waals surface area (Å²) in [6.45, 7) is 6.22. The summed E-state index contributed by atoms with van der Waals surface area (Å²) in [7, 11) is 0. The minimum absolute atomic E-state index is 0.332. The predicted molar refractivity (Wildman–Crippen MR) is 102 cm³/mol. The molecule has 0 radical (unpaired) electrons. The molecule has 1 atom stereocenters. The third-order valence-electron chi connectivity index (χ3n) is 4.06. The maximum absolute atomic E-state index is 12.5. The SMILES string of the molecule is CCOC(=O)N1c2ccc(C)cc2C=CC1C#Cc1ccc(C)cc1. The quantitative estimate of drug-likeness (QED) is 0.708. The Morgan fingerprint density at radius 3 is 2.56 bits per heavy atom. The number of hydrogen-bond donors (Lipinski definition) is 0. The summed E-state index contributed by atoms with van der Waals surface area (Å²) in [5.41, 5.74) is 5.10. The Bertz CT molecular complexity index is 869. The number of aryl methyl sites for hydroxylation is 2. The van der Waals surface area contributed by atoms with Crippen LogP contribution in [-0.2, 0) is 4.74 Å². The zero-order valence-electron chi connectivity index (χ0n) is 14.7. The number of nitrogens with zero attached hydrogens (tertiary/aromatic N) is 1. The van der Waals surface area contributed by atoms with E-state index in [9.17, 15) is 4.79 Å². The molecular weight excluding hydrogens is 310 g/mol. The number of rotatable bonds is 1. The molecule has 25 heavy (non-hydrogen) atoms. The number of ether oxygens (including phenoxy) is 1. The van der Waals surface area contributed by atoms with Gasteiger partial charge < -0.3 is 4.74 Å². The van der Waals surface area contributed by atoms with Crippen LogP contribution in [0.15, 0.2) is 48.5 Å². The van der Waals surface area contributed by atoms with Crippen molar-refractivity contribution in [1.29, 1.82) is 0 Å². The van der Waals surface area contributed by atoms with Gasteiger partial charge >= 0.3 is 6.09 Å². The molecule has 0 fully saturated rings. The lowest BCUT2D eigenvalue weighted by Gasteiger charge is -2.30. The van der Waals surface area contributed by atoms with Crippen LogP contribution in [0.2, 0.25) is 0 Å². The molecule has 0 saturated carbocycles. The number of fused-ring (bicyclic) bond motifs is 1. The standard InChI is InChI=1S/C22H21NO2/c1-4-25-22(24)23-20(12-10-18-8-5-16(2)6-9-18)13-11-19-15-17(3)7-14-21(19)23/h5-9,11,13-15,20H,4H2,1-3H3. The minimum atomic E-state index is -0.375. The van der Waals surface area contributed by atoms with E-state index in [0.29, 0.717) is 6.61 Å². The van der Waals surface area contributed by atoms with Gasteiger partial charge in [-0.25, -0.2) is 4.79 Å². The Morgan fingerprint density at radius 1 is 1.12 bits per heavy atom. The molecule has 1 unspecified atom stereocenters. The van der Waals surface area contributed by atoms with Gasteiger partial charge in [-0.05, 0) is 56.7 Å². The van der Waals surface area contributed by atoms with Crippen molar-refractivity contribution in [2.45, 2.75) is 26.8 Å². The summed E-state index contributed by atoms with van der Waals surface area (Å²) in [4.78, 5) is 14.1. The fourth-order valence-electron chi connectivity index (χ4n) is 2.77. The van der Waals surface area contributed by atoms with Crippen molar-refractivity contribution < 1.29 is 9.53 Å². The molecule has 0 saturated heterocycles. The summed E-state index contributed by atoms with van der Waals surface area (Å²) < 4.78 is 5.25. The Balaban J connectivity index is 1.97. The summed E-state index contributed by atoms with van der Waals surface area (Å²) in [6.07, 6.45) is 3.59. The molecule has 1 aliphatic heterocycles. The zero-order valence-corrected chi connectivity index (χ0v) is 14.7. The van der Waals surface area contributed by atoms with Crippen molar-refractivity contribution in [2.24, 2.45) is 0 Å². The number of hydrogen-bond acceptors (Lipinski definition) is 2. The molecule has 0 bridgehead atoms. The lowest BCUT2D eigenvalue weighted by atomic mass is 10.0. The molecular formula is C22H21NO2. The first-order valence-electron chi connectivity index (χ1n) is 8.41. The molecule has 126 valence electrons. The van der Waals surface area contributed by atoms with Gasteiger partial charge in [-0.2, -0.15) is 0 Å². The average molecular weight is 331 g/mol. The van der Waals surface area contributed by atoms with Gasteiger partial charge in [0.05, 0.1) is 12.3 Å². The minimum Gasteiger partial charge on any atom is -0.449 e. The van der Waals surface area contributed by atoms with Crippen LogP contribution in [0.25, 0.3) is 6.08 Å². The van der Waals surface area contributed by atoms with Crippen LogP contribution in [0.4, 0.5) is 10.5 Å². The highest BCUT2D eigenvalue weighted by molar-refractivity contribution is 5.94. The summed E-state index contributed by atoms with van der Waals surface area (Å²) in [5.74, 6) is 6.35. The van der Waals surface area contributed by atoms with Gasteiger partial charge in [0, 0.05) is 5.56 Å². The first-order valence-corrected chi connectivity index (χ1v) is 8.41. The van der Waals surface area contributed by atoms with Crippen LogP contribution >= 0.6 is 0 Å². The summed E-state index contributed by atoms with van der Waals surface area (Å²) in [6, 6.07) is 13.7. The van der Waals surface area contributed by atoms with Crippen molar-refractivity contribution in [3.63, 3.8) is 0 Å². The summed E-state index contributed by atoms with van der Waals surface area (Å²) in [5, 5.41) is 0. The van der Waals surface area contributed by atoms with E-state index in [0.717, 1.165) is 22.4 Å². The van der Waals surface area contributed by atoms with Gasteiger partial charge in [0.2, 0.25) is 0 Å². The first kappa shape index (κ1) is 16.9. The van der Waals surface area contributed by atoms with E-state index < -0.39 is 0 Å². The third kappa shape index (κ3) is 3.75. The number of amides is 1. The van der Waals surface area contributed by atoms with Gasteiger partial charge in [0.1, 0.15) is 6.04 Å². The van der Waals surface area contributed by atoms with Gasteiger partial charge in [0.15, 0.2) is 0 Å². The fraction of sp³-hybridized carbons (Fsp3) is 0.227. The zero-order chi connectivity index (χ0) is 17.8. The fourth-order valence-corrected chi connectivity index (χ4v) is 2.77. The first-order chi connectivity index (χ1) is 12.1. The van der Waals surface area contributed by atoms with Crippen LogP contribution in [0.3, 0.4) is 0 Å². The third-order valence-corrected chi connectivity index (χ3v) is 4.06. The monoisotopic (exact) mass is 331 g/mol. The van der Waals surface area contributed by atoms with Gasteiger partial charge in [-0.1, -0.05) is 47.2 Å². The average Bonchev–Trinajstić information content (AvgIpc) is 2.60. The maximum atomic E-state index is 12.5. The second kappa shape index (κ2) is 7.27. The summed E-state index contributed by atoms with van der Waals surface area (Å²) >= 11 is 0. The van der Waals surface area contributed by atoms with E-state index in [2.05, 4.69) is 17.9 Å². The Labute approximate surface area is 148 Å². The van der Waals surface area contributed by atoms with E-state index in [-0.39, 0.29) is 12.1 Å². The van der Waals surface area contributed by atoms with E-state index in [1.165, 1.54) is 5.56 Å². The Kier molecular flexibility index (Phi) is 4.90. The highest BCUT2D eigenvalue weighted by Crippen LogP contribution is 2.30. The molecule has 3 heteroatoms. The highest BCUT2D eigenvalue weighted by atomic mass is 16.6. The smallest absolute Gasteiger partial charge is 0.415 e. The molecule has 3 rings (SSSR count). The molecule has 0 N–H and O–H groups in total. The predicted octanol–water partition coefficient (Wildman–Crippen LogP) is 4.71. The number of carbonyl (C=O) groups is 1. The molecule has 1 amide bonds. The largest absolute Gasteiger partial charge is 0.449 e. The van der Waals surface area contributed by atoms with E-state index in [4.69, 9.17) is 4.74 Å². The molecule has 3 nitrogen and oxygen atoms in total. The highest BCUT2D eigenvalue weighted by Gasteiger charge is 2.28. The Hall–Kier alpha value is -2.99. The van der Waals surface area contributed by atoms with Crippen molar-refractivity contribution in [1.82, 2.24) is 0 Å². The van der Waals surface area contributed by atoms with Crippen molar-refractivity contribution in [2.75, 3.05) is 11.5 Å². The van der Waals surface area contributed by atoms with Crippen LogP contribution < -0.4 is 4.90 Å². The van der Waals surface area contributed by atoms with Crippen LogP contribution in [-0.4, -0.2) is 18.7 Å². The lowest BCUT2D eigenvalue weighted by molar-refractivity contribution is 0.159. The van der Waals surface area contributed by atoms with Gasteiger partial charge in [-0.3, -0.25) is 4.90 Å². The molecule has 2 aromatic carbocycles. The molecule has 0 aromatic heterocycles. The number of benzene rings is 2. The second-order valence-corrected chi connectivity index (χ2v) is 6.07. The molecule has 0 spiro atoms. The maximum Gasteiger partial charge on any atom is 0.415 e. The topological polar surface area (TPSA) is 29.5 Å². The Morgan fingerprint density at radius 2 is 1.84 bits per heavy atom. The normalized spacial score (nSPS) is 15.2. The van der Waals surface area contributed by atoms with Gasteiger partial charge in [0.25, 0.3) is 0 Å².